The van der Waals surface area contributed by atoms with Gasteiger partial charge in [-0.05, 0) is 12.1 Å². The number of para-hydroxylation sites is 2. The zero-order chi connectivity index (χ0) is 10.7. The fourth-order valence-corrected chi connectivity index (χ4v) is 0.666. The van der Waals surface area contributed by atoms with Crippen molar-refractivity contribution in [2.75, 3.05) is 12.8 Å². The van der Waals surface area contributed by atoms with E-state index in [1.54, 1.807) is 13.2 Å². The standard InChI is InChI=1S/C7H9NO.2C2H6/c1-9-7-5-3-2-4-6(7)8;2*1-2/h2-5H,8H2,1H3;2*1-2H3. The first-order chi connectivity index (χ1) is 6.34. The van der Waals surface area contributed by atoms with E-state index in [0.717, 1.165) is 5.75 Å². The van der Waals surface area contributed by atoms with Crippen LogP contribution in [0, 0.1) is 0 Å². The third kappa shape index (κ3) is 6.02. The molecule has 0 heterocycles. The molecule has 0 aliphatic heterocycles. The third-order valence-electron chi connectivity index (χ3n) is 1.14. The van der Waals surface area contributed by atoms with Gasteiger partial charge < -0.3 is 10.5 Å². The van der Waals surface area contributed by atoms with Gasteiger partial charge in [0, 0.05) is 0 Å². The molecule has 2 nitrogen and oxygen atoms in total. The van der Waals surface area contributed by atoms with Crippen LogP contribution < -0.4 is 10.5 Å². The number of ether oxygens (including phenoxy) is 1. The largest absolute Gasteiger partial charge is 0.495 e. The first-order valence-corrected chi connectivity index (χ1v) is 4.73. The lowest BCUT2D eigenvalue weighted by Gasteiger charge is -2.00. The van der Waals surface area contributed by atoms with Crippen molar-refractivity contribution in [3.8, 4) is 5.75 Å². The Morgan fingerprint density at radius 1 is 1.00 bits per heavy atom. The second kappa shape index (κ2) is 10.8. The van der Waals surface area contributed by atoms with E-state index in [-0.39, 0.29) is 0 Å². The van der Waals surface area contributed by atoms with Crippen molar-refractivity contribution in [3.63, 3.8) is 0 Å². The molecule has 2 heteroatoms. The molecule has 0 aromatic heterocycles. The van der Waals surface area contributed by atoms with Gasteiger partial charge in [-0.25, -0.2) is 0 Å². The van der Waals surface area contributed by atoms with Gasteiger partial charge in [-0.2, -0.15) is 0 Å². The predicted molar refractivity (Wildman–Crippen MR) is 60.1 cm³/mol. The van der Waals surface area contributed by atoms with E-state index in [0.29, 0.717) is 5.69 Å². The van der Waals surface area contributed by atoms with Crippen molar-refractivity contribution in [2.45, 2.75) is 27.7 Å². The summed E-state index contributed by atoms with van der Waals surface area (Å²) in [5.41, 5.74) is 6.19. The van der Waals surface area contributed by atoms with E-state index in [1.165, 1.54) is 0 Å². The van der Waals surface area contributed by atoms with Crippen LogP contribution in [0.2, 0.25) is 0 Å². The Balaban J connectivity index is 0. The minimum Gasteiger partial charge on any atom is -0.495 e. The van der Waals surface area contributed by atoms with Crippen LogP contribution in [0.1, 0.15) is 27.7 Å². The average Bonchev–Trinajstić information content (AvgIpc) is 2.24. The summed E-state index contributed by atoms with van der Waals surface area (Å²) in [5, 5.41) is 0. The van der Waals surface area contributed by atoms with Crippen LogP contribution in [0.25, 0.3) is 0 Å². The summed E-state index contributed by atoms with van der Waals surface area (Å²) >= 11 is 0. The molecule has 0 saturated heterocycles. The fourth-order valence-electron chi connectivity index (χ4n) is 0.666. The number of nitrogens with two attached hydrogens (primary N) is 1. The molecule has 0 saturated carbocycles. The Kier molecular flexibility index (Phi) is 11.9. The minimum absolute atomic E-state index is 0.681. The summed E-state index contributed by atoms with van der Waals surface area (Å²) in [4.78, 5) is 0. The van der Waals surface area contributed by atoms with E-state index in [9.17, 15) is 0 Å². The van der Waals surface area contributed by atoms with E-state index in [4.69, 9.17) is 10.5 Å². The van der Waals surface area contributed by atoms with Crippen LogP contribution in [0.3, 0.4) is 0 Å². The van der Waals surface area contributed by atoms with Crippen molar-refractivity contribution < 1.29 is 4.74 Å². The lowest BCUT2D eigenvalue weighted by atomic mass is 10.3. The SMILES string of the molecule is CC.CC.COc1ccccc1N. The van der Waals surface area contributed by atoms with Crippen molar-refractivity contribution in [1.82, 2.24) is 0 Å². The van der Waals surface area contributed by atoms with Crippen molar-refractivity contribution >= 4 is 5.69 Å². The van der Waals surface area contributed by atoms with Gasteiger partial charge in [0.15, 0.2) is 0 Å². The van der Waals surface area contributed by atoms with Crippen molar-refractivity contribution in [1.29, 1.82) is 0 Å². The molecule has 1 aromatic rings. The molecule has 0 spiro atoms. The summed E-state index contributed by atoms with van der Waals surface area (Å²) in [7, 11) is 1.60. The molecule has 0 atom stereocenters. The number of hydrogen-bond acceptors (Lipinski definition) is 2. The number of rotatable bonds is 1. The van der Waals surface area contributed by atoms with Gasteiger partial charge in [-0.3, -0.25) is 0 Å². The summed E-state index contributed by atoms with van der Waals surface area (Å²) in [6.07, 6.45) is 0. The highest BCUT2D eigenvalue weighted by Gasteiger charge is 1.91. The molecule has 0 amide bonds. The quantitative estimate of drug-likeness (QED) is 0.678. The number of nitrogen functional groups attached to an aromatic ring is 1. The molecule has 0 aliphatic carbocycles. The Hall–Kier alpha value is -1.18. The molecule has 0 radical (unpaired) electrons. The topological polar surface area (TPSA) is 35.2 Å². The third-order valence-corrected chi connectivity index (χ3v) is 1.14. The Labute approximate surface area is 81.7 Å². The molecular formula is C11H21NO. The van der Waals surface area contributed by atoms with E-state index in [1.807, 2.05) is 45.9 Å². The molecule has 1 aromatic carbocycles. The number of benzene rings is 1. The molecule has 0 unspecified atom stereocenters. The van der Waals surface area contributed by atoms with Crippen LogP contribution in [0.4, 0.5) is 5.69 Å². The van der Waals surface area contributed by atoms with E-state index in [2.05, 4.69) is 0 Å². The minimum atomic E-state index is 0.681. The molecule has 1 rings (SSSR count). The first-order valence-electron chi connectivity index (χ1n) is 4.73. The lowest BCUT2D eigenvalue weighted by molar-refractivity contribution is 0.417. The zero-order valence-corrected chi connectivity index (χ0v) is 9.29. The van der Waals surface area contributed by atoms with Gasteiger partial charge in [0.1, 0.15) is 5.75 Å². The maximum atomic E-state index is 5.51. The summed E-state index contributed by atoms with van der Waals surface area (Å²) in [6, 6.07) is 7.39. The summed E-state index contributed by atoms with van der Waals surface area (Å²) in [5.74, 6) is 0.734. The van der Waals surface area contributed by atoms with E-state index >= 15 is 0 Å². The highest BCUT2D eigenvalue weighted by atomic mass is 16.5. The van der Waals surface area contributed by atoms with Gasteiger partial charge >= 0.3 is 0 Å². The number of methoxy groups -OCH3 is 1. The van der Waals surface area contributed by atoms with Gasteiger partial charge in [-0.1, -0.05) is 39.8 Å². The zero-order valence-electron chi connectivity index (χ0n) is 9.29. The number of hydrogen-bond donors (Lipinski definition) is 1. The van der Waals surface area contributed by atoms with Crippen molar-refractivity contribution in [3.05, 3.63) is 24.3 Å². The van der Waals surface area contributed by atoms with Gasteiger partial charge in [0.2, 0.25) is 0 Å². The van der Waals surface area contributed by atoms with Crippen LogP contribution in [-0.4, -0.2) is 7.11 Å². The van der Waals surface area contributed by atoms with Gasteiger partial charge in [0.25, 0.3) is 0 Å². The van der Waals surface area contributed by atoms with Crippen LogP contribution in [0.5, 0.6) is 5.75 Å². The molecule has 13 heavy (non-hydrogen) atoms. The van der Waals surface area contributed by atoms with Crippen LogP contribution in [0.15, 0.2) is 24.3 Å². The Morgan fingerprint density at radius 3 is 1.77 bits per heavy atom. The maximum absolute atomic E-state index is 5.51. The number of anilines is 1. The van der Waals surface area contributed by atoms with Gasteiger partial charge in [0.05, 0.1) is 12.8 Å². The average molecular weight is 183 g/mol. The van der Waals surface area contributed by atoms with Crippen LogP contribution in [-0.2, 0) is 0 Å². The molecule has 0 aliphatic rings. The highest BCUT2D eigenvalue weighted by Crippen LogP contribution is 2.18. The predicted octanol–water partition coefficient (Wildman–Crippen LogP) is 3.33. The Bertz CT molecular complexity index is 199. The fraction of sp³-hybridized carbons (Fsp3) is 0.455. The second-order valence-electron chi connectivity index (χ2n) is 1.74. The van der Waals surface area contributed by atoms with Crippen LogP contribution >= 0.6 is 0 Å². The highest BCUT2D eigenvalue weighted by molar-refractivity contribution is 5.51. The molecule has 2 N–H and O–H groups in total. The monoisotopic (exact) mass is 183 g/mol. The molecular weight excluding hydrogens is 162 g/mol. The molecule has 0 fully saturated rings. The summed E-state index contributed by atoms with van der Waals surface area (Å²) < 4.78 is 4.92. The van der Waals surface area contributed by atoms with Gasteiger partial charge in [-0.15, -0.1) is 0 Å². The normalized spacial score (nSPS) is 7.15. The lowest BCUT2D eigenvalue weighted by Crippen LogP contribution is -1.89. The smallest absolute Gasteiger partial charge is 0.141 e. The summed E-state index contributed by atoms with van der Waals surface area (Å²) in [6.45, 7) is 8.00. The molecule has 76 valence electrons. The first kappa shape index (κ1) is 14.3. The van der Waals surface area contributed by atoms with E-state index < -0.39 is 0 Å². The molecule has 0 bridgehead atoms. The Morgan fingerprint density at radius 2 is 1.46 bits per heavy atom. The maximum Gasteiger partial charge on any atom is 0.141 e. The van der Waals surface area contributed by atoms with Crippen molar-refractivity contribution in [2.24, 2.45) is 0 Å². The second-order valence-corrected chi connectivity index (χ2v) is 1.74.